The second-order valence-electron chi connectivity index (χ2n) is 6.70. The molecule has 0 bridgehead atoms. The van der Waals surface area contributed by atoms with Gasteiger partial charge in [-0.15, -0.1) is 0 Å². The van der Waals surface area contributed by atoms with Gasteiger partial charge in [-0.3, -0.25) is 0 Å². The normalized spacial score (nSPS) is 13.7. The van der Waals surface area contributed by atoms with Crippen LogP contribution in [0.1, 0.15) is 11.7 Å². The molecule has 0 unspecified atom stereocenters. The van der Waals surface area contributed by atoms with E-state index in [1.54, 1.807) is 13.4 Å². The highest BCUT2D eigenvalue weighted by Gasteiger charge is 2.13. The average molecular weight is 322 g/mol. The molecule has 0 aliphatic carbocycles. The van der Waals surface area contributed by atoms with Gasteiger partial charge in [0, 0.05) is 21.8 Å². The average Bonchev–Trinajstić information content (AvgIpc) is 2.85. The lowest BCUT2D eigenvalue weighted by atomic mass is 10.2. The second kappa shape index (κ2) is 7.32. The fraction of sp³-hybridized carbons (Fsp3) is 0.600. The third-order valence-corrected chi connectivity index (χ3v) is 5.16. The molecule has 0 saturated carbocycles. The Morgan fingerprint density at radius 1 is 1.32 bits per heavy atom. The Hall–Kier alpha value is -1.28. The van der Waals surface area contributed by atoms with E-state index in [0.29, 0.717) is 19.0 Å². The molecule has 122 valence electrons. The van der Waals surface area contributed by atoms with Crippen molar-refractivity contribution < 1.29 is 9.47 Å². The lowest BCUT2D eigenvalue weighted by molar-refractivity contribution is 0.0898. The molecular formula is C15H26N4O2Si. The number of rotatable bonds is 8. The summed E-state index contributed by atoms with van der Waals surface area (Å²) >= 11 is 0. The van der Waals surface area contributed by atoms with Crippen molar-refractivity contribution in [3.05, 3.63) is 24.2 Å². The highest BCUT2D eigenvalue weighted by molar-refractivity contribution is 6.76. The highest BCUT2D eigenvalue weighted by Crippen LogP contribution is 2.15. The van der Waals surface area contributed by atoms with Crippen LogP contribution in [0.2, 0.25) is 25.7 Å². The summed E-state index contributed by atoms with van der Waals surface area (Å²) < 4.78 is 12.8. The van der Waals surface area contributed by atoms with E-state index in [1.807, 2.05) is 16.7 Å². The summed E-state index contributed by atoms with van der Waals surface area (Å²) in [6.07, 6.45) is 1.76. The first kappa shape index (κ1) is 17.1. The quantitative estimate of drug-likeness (QED) is 0.596. The van der Waals surface area contributed by atoms with Gasteiger partial charge < -0.3 is 19.8 Å². The van der Waals surface area contributed by atoms with Crippen LogP contribution in [-0.4, -0.2) is 42.9 Å². The van der Waals surface area contributed by atoms with Crippen LogP contribution in [0.25, 0.3) is 11.2 Å². The van der Waals surface area contributed by atoms with Crippen LogP contribution in [0.5, 0.6) is 0 Å². The van der Waals surface area contributed by atoms with E-state index in [1.165, 1.54) is 0 Å². The summed E-state index contributed by atoms with van der Waals surface area (Å²) in [7, 11) is 0.581. The minimum absolute atomic E-state index is 0.229. The third-order valence-electron chi connectivity index (χ3n) is 3.46. The Kier molecular flexibility index (Phi) is 5.68. The van der Waals surface area contributed by atoms with Crippen molar-refractivity contribution in [1.29, 1.82) is 0 Å². The number of ether oxygens (including phenoxy) is 2. The van der Waals surface area contributed by atoms with Gasteiger partial charge >= 0.3 is 0 Å². The van der Waals surface area contributed by atoms with Crippen LogP contribution in [0.15, 0.2) is 18.5 Å². The van der Waals surface area contributed by atoms with Gasteiger partial charge in [0.1, 0.15) is 6.73 Å². The topological polar surface area (TPSA) is 75.2 Å². The Labute approximate surface area is 132 Å². The van der Waals surface area contributed by atoms with Crippen LogP contribution in [0.3, 0.4) is 0 Å². The van der Waals surface area contributed by atoms with Crippen molar-refractivity contribution in [3.8, 4) is 0 Å². The fourth-order valence-electron chi connectivity index (χ4n) is 2.08. The van der Waals surface area contributed by atoms with Crippen LogP contribution in [0.4, 0.5) is 0 Å². The molecule has 0 spiro atoms. The molecule has 2 rings (SSSR count). The van der Waals surface area contributed by atoms with E-state index in [9.17, 15) is 0 Å². The molecule has 0 radical (unpaired) electrons. The standard InChI is InChI=1S/C15H26N4O2Si/c1-20-9-12(16)13-5-6-14-15(18-13)17-10-19(14)11-21-7-8-22(2,3)4/h5-6,10,12H,7-9,11,16H2,1-4H3/t12-/m1/s1. The minimum atomic E-state index is -1.05. The molecule has 1 atom stereocenters. The maximum atomic E-state index is 6.00. The number of hydrogen-bond acceptors (Lipinski definition) is 5. The molecule has 2 N–H and O–H groups in total. The number of aromatic nitrogens is 3. The molecule has 0 aromatic carbocycles. The van der Waals surface area contributed by atoms with Crippen molar-refractivity contribution in [1.82, 2.24) is 14.5 Å². The van der Waals surface area contributed by atoms with Gasteiger partial charge in [0.05, 0.1) is 30.2 Å². The van der Waals surface area contributed by atoms with E-state index >= 15 is 0 Å². The second-order valence-corrected chi connectivity index (χ2v) is 12.3. The number of methoxy groups -OCH3 is 1. The Morgan fingerprint density at radius 3 is 2.77 bits per heavy atom. The van der Waals surface area contributed by atoms with E-state index in [4.69, 9.17) is 15.2 Å². The zero-order valence-electron chi connectivity index (χ0n) is 13.9. The lowest BCUT2D eigenvalue weighted by Crippen LogP contribution is -2.22. The Morgan fingerprint density at radius 2 is 2.09 bits per heavy atom. The van der Waals surface area contributed by atoms with Crippen molar-refractivity contribution in [3.63, 3.8) is 0 Å². The van der Waals surface area contributed by atoms with E-state index in [0.717, 1.165) is 23.9 Å². The van der Waals surface area contributed by atoms with Crippen LogP contribution < -0.4 is 5.73 Å². The third kappa shape index (κ3) is 4.61. The van der Waals surface area contributed by atoms with Crippen molar-refractivity contribution >= 4 is 19.2 Å². The van der Waals surface area contributed by atoms with Crippen LogP contribution in [0, 0.1) is 0 Å². The number of pyridine rings is 1. The number of hydrogen-bond donors (Lipinski definition) is 1. The SMILES string of the molecule is COC[C@@H](N)c1ccc2c(ncn2COCC[Si](C)(C)C)n1. The van der Waals surface area contributed by atoms with Gasteiger partial charge in [-0.05, 0) is 18.2 Å². The van der Waals surface area contributed by atoms with E-state index < -0.39 is 8.07 Å². The predicted molar refractivity (Wildman–Crippen MR) is 90.4 cm³/mol. The number of imidazole rings is 1. The molecule has 2 aromatic heterocycles. The first-order chi connectivity index (χ1) is 10.4. The van der Waals surface area contributed by atoms with E-state index in [-0.39, 0.29) is 6.04 Å². The molecule has 0 fully saturated rings. The monoisotopic (exact) mass is 322 g/mol. The molecule has 6 nitrogen and oxygen atoms in total. The molecule has 22 heavy (non-hydrogen) atoms. The highest BCUT2D eigenvalue weighted by atomic mass is 28.3. The van der Waals surface area contributed by atoms with Gasteiger partial charge in [-0.25, -0.2) is 9.97 Å². The summed E-state index contributed by atoms with van der Waals surface area (Å²) in [5.41, 5.74) is 8.44. The first-order valence-corrected chi connectivity index (χ1v) is 11.3. The molecular weight excluding hydrogens is 296 g/mol. The van der Waals surface area contributed by atoms with Gasteiger partial charge in [-0.1, -0.05) is 19.6 Å². The van der Waals surface area contributed by atoms with Crippen LogP contribution >= 0.6 is 0 Å². The van der Waals surface area contributed by atoms with Crippen molar-refractivity contribution in [2.24, 2.45) is 5.73 Å². The summed E-state index contributed by atoms with van der Waals surface area (Å²) in [6.45, 7) is 8.78. The summed E-state index contributed by atoms with van der Waals surface area (Å²) in [5.74, 6) is 0. The molecule has 7 heteroatoms. The predicted octanol–water partition coefficient (Wildman–Crippen LogP) is 2.39. The number of nitrogens with two attached hydrogens (primary N) is 1. The Bertz CT molecular complexity index is 609. The zero-order chi connectivity index (χ0) is 16.2. The number of nitrogens with zero attached hydrogens (tertiary/aromatic N) is 3. The van der Waals surface area contributed by atoms with Gasteiger partial charge in [0.15, 0.2) is 5.65 Å². The van der Waals surface area contributed by atoms with Gasteiger partial charge in [0.25, 0.3) is 0 Å². The number of fused-ring (bicyclic) bond motifs is 1. The molecule has 0 aliphatic rings. The first-order valence-electron chi connectivity index (χ1n) is 7.55. The molecule has 0 amide bonds. The van der Waals surface area contributed by atoms with Crippen molar-refractivity contribution in [2.45, 2.75) is 38.5 Å². The fourth-order valence-corrected chi connectivity index (χ4v) is 2.83. The van der Waals surface area contributed by atoms with Crippen LogP contribution in [-0.2, 0) is 16.2 Å². The lowest BCUT2D eigenvalue weighted by Gasteiger charge is -2.15. The smallest absolute Gasteiger partial charge is 0.177 e. The minimum Gasteiger partial charge on any atom is -0.383 e. The summed E-state index contributed by atoms with van der Waals surface area (Å²) in [5, 5.41) is 0. The largest absolute Gasteiger partial charge is 0.383 e. The maximum Gasteiger partial charge on any atom is 0.177 e. The molecule has 2 aromatic rings. The maximum absolute atomic E-state index is 6.00. The molecule has 2 heterocycles. The van der Waals surface area contributed by atoms with Gasteiger partial charge in [-0.2, -0.15) is 0 Å². The zero-order valence-corrected chi connectivity index (χ0v) is 14.9. The molecule has 0 saturated heterocycles. The summed E-state index contributed by atoms with van der Waals surface area (Å²) in [6, 6.07) is 4.84. The molecule has 0 aliphatic heterocycles. The van der Waals surface area contributed by atoms with Crippen molar-refractivity contribution in [2.75, 3.05) is 20.3 Å². The Balaban J connectivity index is 2.01. The van der Waals surface area contributed by atoms with E-state index in [2.05, 4.69) is 29.6 Å². The van der Waals surface area contributed by atoms with Gasteiger partial charge in [0.2, 0.25) is 0 Å². The summed E-state index contributed by atoms with van der Waals surface area (Å²) in [4.78, 5) is 8.83.